The van der Waals surface area contributed by atoms with Crippen molar-refractivity contribution < 1.29 is 9.84 Å². The number of hydrogen-bond donors (Lipinski definition) is 5. The molecule has 0 radical (unpaired) electrons. The molecule has 9 heteroatoms. The number of halogens is 1. The molecule has 0 atom stereocenters. The fraction of sp³-hybridized carbons (Fsp3) is 0.250. The van der Waals surface area contributed by atoms with Crippen LogP contribution in [0.5, 0.6) is 11.5 Å². The van der Waals surface area contributed by atoms with E-state index in [4.69, 9.17) is 4.74 Å². The zero-order valence-electron chi connectivity index (χ0n) is 13.9. The largest absolute Gasteiger partial charge is 0.504 e. The number of aromatic hydroxyl groups is 1. The van der Waals surface area contributed by atoms with Gasteiger partial charge >= 0.3 is 0 Å². The lowest BCUT2D eigenvalue weighted by atomic mass is 9.85. The lowest BCUT2D eigenvalue weighted by molar-refractivity contribution is 0.373. The molecule has 0 spiro atoms. The van der Waals surface area contributed by atoms with Crippen molar-refractivity contribution in [3.63, 3.8) is 0 Å². The Morgan fingerprint density at radius 3 is 1.88 bits per heavy atom. The predicted molar refractivity (Wildman–Crippen MR) is 95.2 cm³/mol. The second-order valence-corrected chi connectivity index (χ2v) is 5.60. The lowest BCUT2D eigenvalue weighted by Gasteiger charge is -2.17. The maximum Gasteiger partial charge on any atom is 0.268 e. The topological polar surface area (TPSA) is 127 Å². The molecule has 0 saturated heterocycles. The molecule has 2 aromatic heterocycles. The average molecular weight is 367 g/mol. The van der Waals surface area contributed by atoms with E-state index in [1.165, 1.54) is 13.2 Å². The smallest absolute Gasteiger partial charge is 0.268 e. The first kappa shape index (κ1) is 18.5. The zero-order chi connectivity index (χ0) is 17.4. The predicted octanol–water partition coefficient (Wildman–Crippen LogP) is 1.65. The molecule has 1 aromatic carbocycles. The van der Waals surface area contributed by atoms with Crippen molar-refractivity contribution in [1.29, 1.82) is 0 Å². The first-order valence-corrected chi connectivity index (χ1v) is 7.35. The van der Waals surface area contributed by atoms with Gasteiger partial charge < -0.3 is 20.0 Å². The van der Waals surface area contributed by atoms with Crippen molar-refractivity contribution in [2.45, 2.75) is 19.8 Å². The number of aromatic amines is 4. The van der Waals surface area contributed by atoms with Crippen LogP contribution in [0.4, 0.5) is 0 Å². The van der Waals surface area contributed by atoms with E-state index >= 15 is 0 Å². The number of phenols is 1. The van der Waals surface area contributed by atoms with Crippen LogP contribution in [-0.4, -0.2) is 32.6 Å². The number of benzene rings is 1. The Kier molecular flexibility index (Phi) is 5.13. The minimum atomic E-state index is -0.607. The molecule has 5 N–H and O–H groups in total. The highest BCUT2D eigenvalue weighted by Gasteiger charge is 2.28. The highest BCUT2D eigenvalue weighted by Crippen LogP contribution is 2.35. The second kappa shape index (κ2) is 6.94. The van der Waals surface area contributed by atoms with E-state index in [0.29, 0.717) is 28.1 Å². The molecule has 0 saturated carbocycles. The number of phenolic OH excluding ortho intramolecular Hbond substituents is 1. The molecule has 0 aliphatic rings. The molecular weight excluding hydrogens is 348 g/mol. The Balaban J connectivity index is 0.00000225. The molecule has 25 heavy (non-hydrogen) atoms. The van der Waals surface area contributed by atoms with E-state index in [9.17, 15) is 14.7 Å². The first-order chi connectivity index (χ1) is 11.4. The van der Waals surface area contributed by atoms with Crippen molar-refractivity contribution in [1.82, 2.24) is 20.4 Å². The number of rotatable bonds is 4. The zero-order valence-corrected chi connectivity index (χ0v) is 14.7. The van der Waals surface area contributed by atoms with Gasteiger partial charge in [-0.2, -0.15) is 0 Å². The summed E-state index contributed by atoms with van der Waals surface area (Å²) < 4.78 is 5.15. The van der Waals surface area contributed by atoms with Gasteiger partial charge in [-0.3, -0.25) is 19.8 Å². The van der Waals surface area contributed by atoms with Crippen molar-refractivity contribution in [2.75, 3.05) is 7.11 Å². The van der Waals surface area contributed by atoms with Gasteiger partial charge in [-0.1, -0.05) is 6.07 Å². The standard InChI is InChI=1S/C16H18N4O4.ClH/c1-7-12(15(22)19-17-7)14(13-8(2)18-20-16(13)23)9-4-5-10(21)11(6-9)24-3;/h4-6,14,21H,1-3H3,(H2,17,19,22)(H2,18,20,23);1H. The third-order valence-electron chi connectivity index (χ3n) is 4.14. The monoisotopic (exact) mass is 366 g/mol. The molecule has 0 aliphatic carbocycles. The highest BCUT2D eigenvalue weighted by atomic mass is 35.5. The number of nitrogens with one attached hydrogen (secondary N) is 4. The molecule has 0 amide bonds. The van der Waals surface area contributed by atoms with Crippen molar-refractivity contribution in [3.05, 3.63) is 67.0 Å². The van der Waals surface area contributed by atoms with E-state index < -0.39 is 5.92 Å². The summed E-state index contributed by atoms with van der Waals surface area (Å²) in [5.41, 5.74) is 2.21. The molecule has 0 fully saturated rings. The molecular formula is C16H19ClN4O4. The van der Waals surface area contributed by atoms with Gasteiger partial charge in [0.15, 0.2) is 11.5 Å². The molecule has 0 unspecified atom stereocenters. The molecule has 134 valence electrons. The third-order valence-corrected chi connectivity index (χ3v) is 4.14. The summed E-state index contributed by atoms with van der Waals surface area (Å²) >= 11 is 0. The Bertz CT molecular complexity index is 944. The summed E-state index contributed by atoms with van der Waals surface area (Å²) in [6, 6.07) is 4.77. The summed E-state index contributed by atoms with van der Waals surface area (Å²) in [5, 5.41) is 20.5. The number of aromatic nitrogens is 4. The van der Waals surface area contributed by atoms with Gasteiger partial charge in [0.1, 0.15) is 0 Å². The second-order valence-electron chi connectivity index (χ2n) is 5.60. The van der Waals surface area contributed by atoms with E-state index in [1.54, 1.807) is 26.0 Å². The van der Waals surface area contributed by atoms with Crippen molar-refractivity contribution in [3.8, 4) is 11.5 Å². The van der Waals surface area contributed by atoms with E-state index in [2.05, 4.69) is 20.4 Å². The van der Waals surface area contributed by atoms with E-state index in [0.717, 1.165) is 0 Å². The van der Waals surface area contributed by atoms with Crippen molar-refractivity contribution >= 4 is 12.4 Å². The summed E-state index contributed by atoms with van der Waals surface area (Å²) in [7, 11) is 1.44. The fourth-order valence-electron chi connectivity index (χ4n) is 2.96. The van der Waals surface area contributed by atoms with Crippen LogP contribution >= 0.6 is 12.4 Å². The molecule has 0 aliphatic heterocycles. The maximum absolute atomic E-state index is 12.3. The summed E-state index contributed by atoms with van der Waals surface area (Å²) in [6.07, 6.45) is 0. The fourth-order valence-corrected chi connectivity index (χ4v) is 2.96. The number of aryl methyl sites for hydroxylation is 2. The van der Waals surface area contributed by atoms with Gasteiger partial charge in [0.25, 0.3) is 11.1 Å². The Morgan fingerprint density at radius 2 is 1.48 bits per heavy atom. The Hall–Kier alpha value is -2.87. The summed E-state index contributed by atoms with van der Waals surface area (Å²) in [6.45, 7) is 3.52. The number of methoxy groups -OCH3 is 1. The Morgan fingerprint density at radius 1 is 0.960 bits per heavy atom. The van der Waals surface area contributed by atoms with E-state index in [-0.39, 0.29) is 35.0 Å². The van der Waals surface area contributed by atoms with Gasteiger partial charge in [-0.15, -0.1) is 12.4 Å². The SMILES string of the molecule is COc1cc(C(c2c(C)[nH][nH]c2=O)c2c(C)[nH][nH]c2=O)ccc1O.Cl. The van der Waals surface area contributed by atoms with Gasteiger partial charge in [-0.05, 0) is 31.5 Å². The molecule has 3 aromatic rings. The van der Waals surface area contributed by atoms with Gasteiger partial charge in [-0.25, -0.2) is 0 Å². The Labute approximate surface area is 148 Å². The quantitative estimate of drug-likeness (QED) is 0.481. The van der Waals surface area contributed by atoms with Crippen LogP contribution in [0.3, 0.4) is 0 Å². The van der Waals surface area contributed by atoms with Gasteiger partial charge in [0, 0.05) is 17.3 Å². The van der Waals surface area contributed by atoms with Crippen molar-refractivity contribution in [2.24, 2.45) is 0 Å². The summed E-state index contributed by atoms with van der Waals surface area (Å²) in [5.74, 6) is -0.351. The number of hydrogen-bond acceptors (Lipinski definition) is 4. The molecule has 0 bridgehead atoms. The average Bonchev–Trinajstić information content (AvgIpc) is 3.06. The van der Waals surface area contributed by atoms with Crippen LogP contribution in [-0.2, 0) is 0 Å². The number of H-pyrrole nitrogens is 4. The normalized spacial score (nSPS) is 10.7. The third kappa shape index (κ3) is 3.08. The van der Waals surface area contributed by atoms with Gasteiger partial charge in [0.2, 0.25) is 0 Å². The van der Waals surface area contributed by atoms with Crippen LogP contribution < -0.4 is 15.9 Å². The van der Waals surface area contributed by atoms with Gasteiger partial charge in [0.05, 0.1) is 18.2 Å². The van der Waals surface area contributed by atoms with Crippen LogP contribution in [0.1, 0.15) is 34.0 Å². The first-order valence-electron chi connectivity index (χ1n) is 7.35. The minimum Gasteiger partial charge on any atom is -0.504 e. The van der Waals surface area contributed by atoms with Crippen LogP contribution in [0, 0.1) is 13.8 Å². The maximum atomic E-state index is 12.3. The molecule has 2 heterocycles. The lowest BCUT2D eigenvalue weighted by Crippen LogP contribution is -2.20. The summed E-state index contributed by atoms with van der Waals surface area (Å²) in [4.78, 5) is 24.6. The minimum absolute atomic E-state index is 0. The molecule has 8 nitrogen and oxygen atoms in total. The molecule has 3 rings (SSSR count). The van der Waals surface area contributed by atoms with Crippen LogP contribution in [0.25, 0.3) is 0 Å². The van der Waals surface area contributed by atoms with Crippen LogP contribution in [0.15, 0.2) is 27.8 Å². The number of ether oxygens (including phenoxy) is 1. The highest BCUT2D eigenvalue weighted by molar-refractivity contribution is 5.85. The van der Waals surface area contributed by atoms with E-state index in [1.807, 2.05) is 0 Å². The van der Waals surface area contributed by atoms with Crippen LogP contribution in [0.2, 0.25) is 0 Å².